The maximum Gasteiger partial charge on any atom is 0.407 e. The zero-order valence-electron chi connectivity index (χ0n) is 11.8. The van der Waals surface area contributed by atoms with Crippen LogP contribution in [0.3, 0.4) is 0 Å². The molecule has 9 heteroatoms. The van der Waals surface area contributed by atoms with Gasteiger partial charge in [-0.2, -0.15) is 0 Å². The lowest BCUT2D eigenvalue weighted by Crippen LogP contribution is -2.48. The van der Waals surface area contributed by atoms with Crippen LogP contribution in [0.15, 0.2) is 23.6 Å². The highest BCUT2D eigenvalue weighted by molar-refractivity contribution is 5.65. The molecule has 1 saturated heterocycles. The highest BCUT2D eigenvalue weighted by Gasteiger charge is 2.40. The number of amides is 1. The van der Waals surface area contributed by atoms with Crippen molar-refractivity contribution >= 4 is 6.09 Å². The Morgan fingerprint density at radius 2 is 2.36 bits per heavy atom. The highest BCUT2D eigenvalue weighted by atomic mass is 17.0. The molecule has 3 aliphatic heterocycles. The average Bonchev–Trinajstić information content (AvgIpc) is 2.95. The van der Waals surface area contributed by atoms with Crippen molar-refractivity contribution in [2.24, 2.45) is 11.8 Å². The third-order valence-corrected chi connectivity index (χ3v) is 4.34. The second-order valence-electron chi connectivity index (χ2n) is 5.60. The van der Waals surface area contributed by atoms with Crippen molar-refractivity contribution in [3.05, 3.63) is 33.7 Å². The van der Waals surface area contributed by atoms with E-state index in [9.17, 15) is 20.0 Å². The summed E-state index contributed by atoms with van der Waals surface area (Å²) in [5.74, 6) is -0.199. The molecule has 0 spiro atoms. The lowest BCUT2D eigenvalue weighted by molar-refractivity contribution is -0.770. The van der Waals surface area contributed by atoms with Crippen LogP contribution in [0.4, 0.5) is 4.79 Å². The van der Waals surface area contributed by atoms with Gasteiger partial charge in [0.25, 0.3) is 5.09 Å². The predicted molar refractivity (Wildman–Crippen MR) is 73.2 cm³/mol. The number of rotatable bonds is 3. The van der Waals surface area contributed by atoms with Crippen molar-refractivity contribution in [1.29, 1.82) is 0 Å². The Morgan fingerprint density at radius 1 is 1.55 bits per heavy atom. The molecule has 3 heterocycles. The minimum atomic E-state index is -1.03. The number of nitrogens with zero attached hydrogens (tertiary/aromatic N) is 2. The largest absolute Gasteiger partial charge is 0.500 e. The van der Waals surface area contributed by atoms with Crippen LogP contribution in [0.5, 0.6) is 0 Å². The van der Waals surface area contributed by atoms with Crippen LogP contribution in [-0.4, -0.2) is 53.5 Å². The summed E-state index contributed by atoms with van der Waals surface area (Å²) in [4.78, 5) is 28.0. The van der Waals surface area contributed by atoms with E-state index in [1.54, 1.807) is 12.5 Å². The molecular weight excluding hydrogens is 294 g/mol. The van der Waals surface area contributed by atoms with E-state index in [1.165, 1.54) is 4.90 Å². The van der Waals surface area contributed by atoms with Gasteiger partial charge in [-0.15, -0.1) is 10.1 Å². The third-order valence-electron chi connectivity index (χ3n) is 4.34. The van der Waals surface area contributed by atoms with Gasteiger partial charge >= 0.3 is 6.09 Å². The number of ether oxygens (including phenoxy) is 1. The molecule has 120 valence electrons. The Hall–Kier alpha value is -2.45. The summed E-state index contributed by atoms with van der Waals surface area (Å²) < 4.78 is 5.36. The van der Waals surface area contributed by atoms with Gasteiger partial charge < -0.3 is 24.9 Å². The summed E-state index contributed by atoms with van der Waals surface area (Å²) in [5.41, 5.74) is 1.82. The Morgan fingerprint density at radius 3 is 3.09 bits per heavy atom. The fourth-order valence-corrected chi connectivity index (χ4v) is 3.27. The highest BCUT2D eigenvalue weighted by Crippen LogP contribution is 2.37. The average molecular weight is 311 g/mol. The number of hydrogen-bond donors (Lipinski definition) is 2. The Kier molecular flexibility index (Phi) is 3.78. The fraction of sp³-hybridized carbons (Fsp3) is 0.615. The van der Waals surface area contributed by atoms with Crippen LogP contribution in [0.1, 0.15) is 6.42 Å². The molecule has 2 N–H and O–H groups in total. The zero-order chi connectivity index (χ0) is 15.7. The smallest absolute Gasteiger partial charge is 0.407 e. The molecule has 0 saturated carbocycles. The number of hydrogen-bond acceptors (Lipinski definition) is 6. The standard InChI is InChI=1S/C13H17N3O6/c17-13(18)15-2-1-12(22-16(19)20)10(5-15)9-4-14-3-8-6-21-7-11(8)9/h4,7-8,10,12,14H,1-3,5-6H2,(H,17,18). The van der Waals surface area contributed by atoms with Crippen molar-refractivity contribution in [2.45, 2.75) is 12.5 Å². The van der Waals surface area contributed by atoms with Crippen LogP contribution in [0.2, 0.25) is 0 Å². The summed E-state index contributed by atoms with van der Waals surface area (Å²) in [5, 5.41) is 22.2. The van der Waals surface area contributed by atoms with E-state index < -0.39 is 23.2 Å². The molecular formula is C13H17N3O6. The van der Waals surface area contributed by atoms with E-state index in [1.807, 2.05) is 0 Å². The van der Waals surface area contributed by atoms with E-state index >= 15 is 0 Å². The van der Waals surface area contributed by atoms with Crippen LogP contribution in [0, 0.1) is 22.0 Å². The quantitative estimate of drug-likeness (QED) is 0.579. The summed E-state index contributed by atoms with van der Waals surface area (Å²) in [6, 6.07) is 0. The summed E-state index contributed by atoms with van der Waals surface area (Å²) in [6.45, 7) is 1.71. The fourth-order valence-electron chi connectivity index (χ4n) is 3.27. The van der Waals surface area contributed by atoms with E-state index in [0.29, 0.717) is 6.61 Å². The van der Waals surface area contributed by atoms with E-state index in [4.69, 9.17) is 9.57 Å². The Bertz CT molecular complexity index is 546. The van der Waals surface area contributed by atoms with Crippen LogP contribution in [0.25, 0.3) is 0 Å². The number of likely N-dealkylation sites (tertiary alicyclic amines) is 1. The lowest BCUT2D eigenvalue weighted by atomic mass is 9.80. The molecule has 22 heavy (non-hydrogen) atoms. The second-order valence-corrected chi connectivity index (χ2v) is 5.60. The number of carboxylic acid groups (broad SMARTS) is 1. The Labute approximate surface area is 126 Å². The molecule has 1 fully saturated rings. The van der Waals surface area contributed by atoms with Gasteiger partial charge in [0.05, 0.1) is 12.9 Å². The molecule has 0 bridgehead atoms. The van der Waals surface area contributed by atoms with Crippen molar-refractivity contribution in [3.63, 3.8) is 0 Å². The van der Waals surface area contributed by atoms with Crippen LogP contribution >= 0.6 is 0 Å². The van der Waals surface area contributed by atoms with Crippen molar-refractivity contribution in [1.82, 2.24) is 10.2 Å². The molecule has 0 radical (unpaired) electrons. The minimum absolute atomic E-state index is 0.172. The first kappa shape index (κ1) is 14.5. The first-order valence-corrected chi connectivity index (χ1v) is 7.10. The van der Waals surface area contributed by atoms with E-state index in [0.717, 1.165) is 17.7 Å². The maximum absolute atomic E-state index is 11.2. The number of fused-ring (bicyclic) bond motifs is 1. The van der Waals surface area contributed by atoms with Gasteiger partial charge in [-0.25, -0.2) is 4.79 Å². The monoisotopic (exact) mass is 311 g/mol. The zero-order valence-corrected chi connectivity index (χ0v) is 11.8. The molecule has 9 nitrogen and oxygen atoms in total. The maximum atomic E-state index is 11.2. The van der Waals surface area contributed by atoms with Crippen molar-refractivity contribution in [3.8, 4) is 0 Å². The third kappa shape index (κ3) is 2.66. The summed E-state index contributed by atoms with van der Waals surface area (Å²) in [6.07, 6.45) is 2.07. The van der Waals surface area contributed by atoms with Gasteiger partial charge in [0.15, 0.2) is 0 Å². The van der Waals surface area contributed by atoms with Crippen LogP contribution < -0.4 is 5.32 Å². The topological polar surface area (TPSA) is 114 Å². The number of piperidine rings is 1. The molecule has 0 aromatic rings. The molecule has 0 aromatic carbocycles. The van der Waals surface area contributed by atoms with E-state index in [2.05, 4.69) is 5.32 Å². The molecule has 3 unspecified atom stereocenters. The number of carbonyl (C=O) groups is 1. The van der Waals surface area contributed by atoms with Crippen LogP contribution in [-0.2, 0) is 9.57 Å². The number of nitrogens with one attached hydrogen (secondary N) is 1. The first-order chi connectivity index (χ1) is 10.6. The van der Waals surface area contributed by atoms with Gasteiger partial charge in [-0.05, 0) is 17.6 Å². The van der Waals surface area contributed by atoms with Crippen molar-refractivity contribution < 1.29 is 24.6 Å². The van der Waals surface area contributed by atoms with Gasteiger partial charge in [0, 0.05) is 37.7 Å². The summed E-state index contributed by atoms with van der Waals surface area (Å²) >= 11 is 0. The molecule has 0 aromatic heterocycles. The SMILES string of the molecule is O=C(O)N1CCC(O[N+](=O)[O-])C(C2=CNCC3COC=C23)C1. The van der Waals surface area contributed by atoms with E-state index in [-0.39, 0.29) is 25.4 Å². The first-order valence-electron chi connectivity index (χ1n) is 7.10. The molecule has 1 amide bonds. The molecule has 0 aliphatic carbocycles. The van der Waals surface area contributed by atoms with Gasteiger partial charge in [0.2, 0.25) is 0 Å². The van der Waals surface area contributed by atoms with Gasteiger partial charge in [-0.3, -0.25) is 0 Å². The molecule has 3 atom stereocenters. The lowest BCUT2D eigenvalue weighted by Gasteiger charge is -2.38. The second kappa shape index (κ2) is 5.74. The van der Waals surface area contributed by atoms with Gasteiger partial charge in [-0.1, -0.05) is 0 Å². The Balaban J connectivity index is 1.86. The summed E-state index contributed by atoms with van der Waals surface area (Å²) in [7, 11) is 0. The normalized spacial score (nSPS) is 30.4. The van der Waals surface area contributed by atoms with Crippen molar-refractivity contribution in [2.75, 3.05) is 26.2 Å². The van der Waals surface area contributed by atoms with Gasteiger partial charge in [0.1, 0.15) is 6.10 Å². The molecule has 3 aliphatic rings. The molecule has 3 rings (SSSR count). The predicted octanol–water partition coefficient (Wildman–Crippen LogP) is 0.581. The minimum Gasteiger partial charge on any atom is -0.500 e.